The van der Waals surface area contributed by atoms with Crippen LogP contribution in [0.5, 0.6) is 5.75 Å². The molecule has 0 aromatic heterocycles. The lowest BCUT2D eigenvalue weighted by Crippen LogP contribution is -2.50. The van der Waals surface area contributed by atoms with E-state index < -0.39 is 34.5 Å². The summed E-state index contributed by atoms with van der Waals surface area (Å²) in [6.45, 7) is 2.73. The van der Waals surface area contributed by atoms with Crippen molar-refractivity contribution in [3.05, 3.63) is 24.3 Å². The van der Waals surface area contributed by atoms with Gasteiger partial charge in [-0.2, -0.15) is 4.72 Å². The quantitative estimate of drug-likeness (QED) is 0.619. The third-order valence-corrected chi connectivity index (χ3v) is 4.47. The molecule has 0 saturated carbocycles. The fraction of sp³-hybridized carbons (Fsp3) is 0.429. The van der Waals surface area contributed by atoms with Gasteiger partial charge in [-0.3, -0.25) is 9.59 Å². The van der Waals surface area contributed by atoms with E-state index in [9.17, 15) is 18.0 Å². The highest BCUT2D eigenvalue weighted by atomic mass is 32.2. The number of aliphatic carboxylic acids is 1. The summed E-state index contributed by atoms with van der Waals surface area (Å²) in [6, 6.07) is 4.61. The van der Waals surface area contributed by atoms with Crippen molar-refractivity contribution in [3.63, 3.8) is 0 Å². The molecule has 0 heterocycles. The number of carboxylic acids is 1. The molecule has 0 radical (unpaired) electrons. The molecule has 0 bridgehead atoms. The van der Waals surface area contributed by atoms with Gasteiger partial charge < -0.3 is 15.2 Å². The second-order valence-corrected chi connectivity index (χ2v) is 6.84. The molecular weight excluding hydrogens is 324 g/mol. The third kappa shape index (κ3) is 5.53. The number of benzene rings is 1. The predicted molar refractivity (Wildman–Crippen MR) is 82.6 cm³/mol. The summed E-state index contributed by atoms with van der Waals surface area (Å²) in [5, 5.41) is 10.7. The molecule has 1 atom stereocenters. The van der Waals surface area contributed by atoms with E-state index >= 15 is 0 Å². The van der Waals surface area contributed by atoms with Crippen molar-refractivity contribution in [2.45, 2.75) is 24.8 Å². The van der Waals surface area contributed by atoms with Crippen molar-refractivity contribution in [3.8, 4) is 5.75 Å². The summed E-state index contributed by atoms with van der Waals surface area (Å²) >= 11 is 0. The highest BCUT2D eigenvalue weighted by Crippen LogP contribution is 2.16. The summed E-state index contributed by atoms with van der Waals surface area (Å²) in [7, 11) is -2.47. The Hall–Kier alpha value is -2.13. The van der Waals surface area contributed by atoms with E-state index in [-0.39, 0.29) is 10.8 Å². The molecule has 0 aliphatic heterocycles. The van der Waals surface area contributed by atoms with Crippen LogP contribution in [0, 0.1) is 5.92 Å². The average molecular weight is 344 g/mol. The molecule has 1 amide bonds. The van der Waals surface area contributed by atoms with Crippen molar-refractivity contribution in [1.82, 2.24) is 10.0 Å². The zero-order chi connectivity index (χ0) is 17.6. The largest absolute Gasteiger partial charge is 0.497 e. The first-order valence-corrected chi connectivity index (χ1v) is 8.31. The van der Waals surface area contributed by atoms with E-state index in [0.717, 1.165) is 0 Å². The Bertz CT molecular complexity index is 654. The first-order valence-electron chi connectivity index (χ1n) is 6.83. The SMILES string of the molecule is COc1ccc(S(=O)(=O)N[C@H](C(=O)NCC(=O)O)C(C)C)cc1. The molecule has 0 aliphatic carbocycles. The zero-order valence-corrected chi connectivity index (χ0v) is 13.9. The Morgan fingerprint density at radius 1 is 1.22 bits per heavy atom. The maximum Gasteiger partial charge on any atom is 0.322 e. The van der Waals surface area contributed by atoms with Crippen molar-refractivity contribution in [2.24, 2.45) is 5.92 Å². The van der Waals surface area contributed by atoms with Crippen LogP contribution in [-0.4, -0.2) is 45.1 Å². The van der Waals surface area contributed by atoms with Gasteiger partial charge in [-0.1, -0.05) is 13.8 Å². The molecule has 0 aliphatic rings. The van der Waals surface area contributed by atoms with Crippen molar-refractivity contribution in [1.29, 1.82) is 0 Å². The summed E-state index contributed by atoms with van der Waals surface area (Å²) in [6.07, 6.45) is 0. The number of hydrogen-bond acceptors (Lipinski definition) is 5. The molecule has 0 spiro atoms. The number of carbonyl (C=O) groups excluding carboxylic acids is 1. The van der Waals surface area contributed by atoms with Crippen LogP contribution in [0.3, 0.4) is 0 Å². The van der Waals surface area contributed by atoms with E-state index in [1.54, 1.807) is 13.8 Å². The molecule has 1 rings (SSSR count). The first-order chi connectivity index (χ1) is 10.7. The van der Waals surface area contributed by atoms with Crippen LogP contribution in [0.2, 0.25) is 0 Å². The van der Waals surface area contributed by atoms with E-state index in [1.165, 1.54) is 31.4 Å². The Morgan fingerprint density at radius 2 is 1.78 bits per heavy atom. The molecular formula is C14H20N2O6S. The topological polar surface area (TPSA) is 122 Å². The molecule has 0 fully saturated rings. The maximum atomic E-state index is 12.3. The molecule has 128 valence electrons. The van der Waals surface area contributed by atoms with Crippen LogP contribution < -0.4 is 14.8 Å². The Labute approximate surface area is 134 Å². The number of carbonyl (C=O) groups is 2. The minimum Gasteiger partial charge on any atom is -0.497 e. The van der Waals surface area contributed by atoms with Gasteiger partial charge >= 0.3 is 5.97 Å². The van der Waals surface area contributed by atoms with E-state index in [1.807, 2.05) is 0 Å². The van der Waals surface area contributed by atoms with Crippen LogP contribution in [-0.2, 0) is 19.6 Å². The maximum absolute atomic E-state index is 12.3. The smallest absolute Gasteiger partial charge is 0.322 e. The van der Waals surface area contributed by atoms with Crippen LogP contribution in [0.1, 0.15) is 13.8 Å². The van der Waals surface area contributed by atoms with Gasteiger partial charge in [0.05, 0.1) is 12.0 Å². The molecule has 9 heteroatoms. The summed E-state index contributed by atoms with van der Waals surface area (Å²) < 4.78 is 31.9. The molecule has 1 aromatic rings. The number of rotatable bonds is 8. The van der Waals surface area contributed by atoms with E-state index in [0.29, 0.717) is 5.75 Å². The number of hydrogen-bond donors (Lipinski definition) is 3. The fourth-order valence-corrected chi connectivity index (χ4v) is 3.10. The lowest BCUT2D eigenvalue weighted by molar-refractivity contribution is -0.138. The van der Waals surface area contributed by atoms with Crippen LogP contribution >= 0.6 is 0 Å². The van der Waals surface area contributed by atoms with Gasteiger partial charge in [-0.05, 0) is 30.2 Å². The van der Waals surface area contributed by atoms with Gasteiger partial charge in [-0.25, -0.2) is 8.42 Å². The number of methoxy groups -OCH3 is 1. The van der Waals surface area contributed by atoms with Crippen molar-refractivity contribution in [2.75, 3.05) is 13.7 Å². The zero-order valence-electron chi connectivity index (χ0n) is 13.1. The summed E-state index contributed by atoms with van der Waals surface area (Å²) in [5.74, 6) is -1.77. The first kappa shape index (κ1) is 18.9. The van der Waals surface area contributed by atoms with E-state index in [4.69, 9.17) is 9.84 Å². The highest BCUT2D eigenvalue weighted by molar-refractivity contribution is 7.89. The van der Waals surface area contributed by atoms with Crippen molar-refractivity contribution >= 4 is 21.9 Å². The van der Waals surface area contributed by atoms with Gasteiger partial charge in [0, 0.05) is 0 Å². The van der Waals surface area contributed by atoms with Crippen LogP contribution in [0.4, 0.5) is 0 Å². The number of amides is 1. The lowest BCUT2D eigenvalue weighted by atomic mass is 10.1. The highest BCUT2D eigenvalue weighted by Gasteiger charge is 2.28. The molecule has 1 aromatic carbocycles. The molecule has 0 unspecified atom stereocenters. The number of ether oxygens (including phenoxy) is 1. The Morgan fingerprint density at radius 3 is 2.22 bits per heavy atom. The minimum absolute atomic E-state index is 0.0185. The second-order valence-electron chi connectivity index (χ2n) is 5.13. The van der Waals surface area contributed by atoms with Gasteiger partial charge in [0.25, 0.3) is 0 Å². The number of sulfonamides is 1. The van der Waals surface area contributed by atoms with Gasteiger partial charge in [0.15, 0.2) is 0 Å². The minimum atomic E-state index is -3.93. The van der Waals surface area contributed by atoms with Gasteiger partial charge in [0.1, 0.15) is 18.3 Å². The summed E-state index contributed by atoms with van der Waals surface area (Å²) in [5.41, 5.74) is 0. The molecule has 3 N–H and O–H groups in total. The van der Waals surface area contributed by atoms with Crippen LogP contribution in [0.25, 0.3) is 0 Å². The lowest BCUT2D eigenvalue weighted by Gasteiger charge is -2.21. The number of carboxylic acid groups (broad SMARTS) is 1. The van der Waals surface area contributed by atoms with Gasteiger partial charge in [0.2, 0.25) is 15.9 Å². The molecule has 23 heavy (non-hydrogen) atoms. The fourth-order valence-electron chi connectivity index (χ4n) is 1.76. The molecule has 0 saturated heterocycles. The third-order valence-electron chi connectivity index (χ3n) is 3.01. The van der Waals surface area contributed by atoms with E-state index in [2.05, 4.69) is 10.0 Å². The normalized spacial score (nSPS) is 12.7. The predicted octanol–water partition coefficient (Wildman–Crippen LogP) is 0.199. The second kappa shape index (κ2) is 7.93. The Balaban J connectivity index is 2.92. The van der Waals surface area contributed by atoms with Crippen molar-refractivity contribution < 1.29 is 27.9 Å². The summed E-state index contributed by atoms with van der Waals surface area (Å²) in [4.78, 5) is 22.5. The molecule has 8 nitrogen and oxygen atoms in total. The monoisotopic (exact) mass is 344 g/mol. The average Bonchev–Trinajstić information content (AvgIpc) is 2.50. The Kier molecular flexibility index (Phi) is 6.52. The van der Waals surface area contributed by atoms with Gasteiger partial charge in [-0.15, -0.1) is 0 Å². The number of nitrogens with one attached hydrogen (secondary N) is 2. The standard InChI is InChI=1S/C14H20N2O6S/c1-9(2)13(14(19)15-8-12(17)18)16-23(20,21)11-6-4-10(22-3)5-7-11/h4-7,9,13,16H,8H2,1-3H3,(H,15,19)(H,17,18)/t13-/m0/s1. The van der Waals surface area contributed by atoms with Crippen LogP contribution in [0.15, 0.2) is 29.2 Å².